The standard InChI is InChI=1S/C7H12N2O/c1-5(10)9-4-6-2-3-7(9)8-6/h6-8H,2-4H2,1H3. The first-order valence-corrected chi connectivity index (χ1v) is 3.80. The van der Waals surface area contributed by atoms with E-state index in [0.717, 1.165) is 13.0 Å². The summed E-state index contributed by atoms with van der Waals surface area (Å²) < 4.78 is 0. The molecule has 2 bridgehead atoms. The first kappa shape index (κ1) is 6.16. The zero-order chi connectivity index (χ0) is 7.14. The van der Waals surface area contributed by atoms with Gasteiger partial charge in [-0.05, 0) is 12.8 Å². The summed E-state index contributed by atoms with van der Waals surface area (Å²) in [5.41, 5.74) is 0. The van der Waals surface area contributed by atoms with Gasteiger partial charge in [0, 0.05) is 19.5 Å². The molecule has 10 heavy (non-hydrogen) atoms. The fourth-order valence-electron chi connectivity index (χ4n) is 1.90. The lowest BCUT2D eigenvalue weighted by Crippen LogP contribution is -2.38. The van der Waals surface area contributed by atoms with Gasteiger partial charge >= 0.3 is 0 Å². The van der Waals surface area contributed by atoms with Crippen LogP contribution in [0.4, 0.5) is 0 Å². The number of rotatable bonds is 0. The Morgan fingerprint density at radius 3 is 2.70 bits per heavy atom. The third-order valence-corrected chi connectivity index (χ3v) is 2.41. The lowest BCUT2D eigenvalue weighted by molar-refractivity contribution is -0.130. The van der Waals surface area contributed by atoms with E-state index in [1.54, 1.807) is 6.92 Å². The summed E-state index contributed by atoms with van der Waals surface area (Å²) in [6.45, 7) is 2.57. The molecule has 3 heteroatoms. The molecule has 0 aromatic carbocycles. The highest BCUT2D eigenvalue weighted by Gasteiger charge is 2.38. The van der Waals surface area contributed by atoms with Gasteiger partial charge in [-0.1, -0.05) is 0 Å². The Morgan fingerprint density at radius 2 is 2.40 bits per heavy atom. The Labute approximate surface area is 60.4 Å². The normalized spacial score (nSPS) is 37.1. The molecule has 0 aromatic rings. The van der Waals surface area contributed by atoms with Crippen LogP contribution in [0.5, 0.6) is 0 Å². The van der Waals surface area contributed by atoms with Crippen molar-refractivity contribution in [1.82, 2.24) is 10.2 Å². The maximum Gasteiger partial charge on any atom is 0.220 e. The number of piperidine rings is 1. The molecule has 0 aliphatic carbocycles. The second-order valence-electron chi connectivity index (χ2n) is 3.13. The molecule has 2 aliphatic rings. The van der Waals surface area contributed by atoms with E-state index in [9.17, 15) is 4.79 Å². The maximum atomic E-state index is 10.9. The second kappa shape index (κ2) is 1.95. The van der Waals surface area contributed by atoms with Crippen LogP contribution in [0, 0.1) is 0 Å². The molecular formula is C7H12N2O. The Balaban J connectivity index is 2.08. The van der Waals surface area contributed by atoms with Gasteiger partial charge in [0.1, 0.15) is 0 Å². The minimum absolute atomic E-state index is 0.208. The van der Waals surface area contributed by atoms with E-state index in [4.69, 9.17) is 0 Å². The molecule has 2 fully saturated rings. The van der Waals surface area contributed by atoms with Gasteiger partial charge < -0.3 is 4.90 Å². The zero-order valence-corrected chi connectivity index (χ0v) is 6.13. The third-order valence-electron chi connectivity index (χ3n) is 2.41. The summed E-state index contributed by atoms with van der Waals surface area (Å²) in [4.78, 5) is 12.8. The quantitative estimate of drug-likeness (QED) is 0.510. The van der Waals surface area contributed by atoms with Crippen molar-refractivity contribution in [2.75, 3.05) is 6.54 Å². The van der Waals surface area contributed by atoms with Gasteiger partial charge in [0.25, 0.3) is 0 Å². The molecule has 2 atom stereocenters. The van der Waals surface area contributed by atoms with E-state index >= 15 is 0 Å². The smallest absolute Gasteiger partial charge is 0.220 e. The van der Waals surface area contributed by atoms with Crippen molar-refractivity contribution in [2.45, 2.75) is 32.0 Å². The van der Waals surface area contributed by atoms with Crippen molar-refractivity contribution in [3.05, 3.63) is 0 Å². The minimum atomic E-state index is 0.208. The van der Waals surface area contributed by atoms with Crippen molar-refractivity contribution in [3.8, 4) is 0 Å². The number of likely N-dealkylation sites (tertiary alicyclic amines) is 1. The number of carbonyl (C=O) groups is 1. The summed E-state index contributed by atoms with van der Waals surface area (Å²) >= 11 is 0. The molecule has 0 radical (unpaired) electrons. The number of fused-ring (bicyclic) bond motifs is 2. The van der Waals surface area contributed by atoms with E-state index in [1.165, 1.54) is 6.42 Å². The van der Waals surface area contributed by atoms with Gasteiger partial charge in [-0.25, -0.2) is 0 Å². The van der Waals surface area contributed by atoms with Gasteiger partial charge in [-0.15, -0.1) is 0 Å². The zero-order valence-electron chi connectivity index (χ0n) is 6.13. The number of hydrogen-bond acceptors (Lipinski definition) is 2. The summed E-state index contributed by atoms with van der Waals surface area (Å²) in [5.74, 6) is 0.208. The fourth-order valence-corrected chi connectivity index (χ4v) is 1.90. The highest BCUT2D eigenvalue weighted by molar-refractivity contribution is 5.74. The lowest BCUT2D eigenvalue weighted by Gasteiger charge is -2.23. The van der Waals surface area contributed by atoms with Gasteiger partial charge in [-0.2, -0.15) is 0 Å². The van der Waals surface area contributed by atoms with Crippen molar-refractivity contribution in [1.29, 1.82) is 0 Å². The Hall–Kier alpha value is -0.570. The first-order valence-electron chi connectivity index (χ1n) is 3.80. The molecule has 0 aromatic heterocycles. The van der Waals surface area contributed by atoms with Crippen LogP contribution < -0.4 is 5.32 Å². The predicted molar refractivity (Wildman–Crippen MR) is 37.3 cm³/mol. The third kappa shape index (κ3) is 0.736. The van der Waals surface area contributed by atoms with Crippen LogP contribution in [-0.4, -0.2) is 29.6 Å². The molecular weight excluding hydrogens is 128 g/mol. The average Bonchev–Trinajstić information content (AvgIpc) is 2.44. The van der Waals surface area contributed by atoms with Crippen LogP contribution in [0.1, 0.15) is 19.8 Å². The topological polar surface area (TPSA) is 32.3 Å². The molecule has 56 valence electrons. The summed E-state index contributed by atoms with van der Waals surface area (Å²) in [7, 11) is 0. The number of amides is 1. The molecule has 2 saturated heterocycles. The van der Waals surface area contributed by atoms with E-state index < -0.39 is 0 Å². The minimum Gasteiger partial charge on any atom is -0.326 e. The summed E-state index contributed by atoms with van der Waals surface area (Å²) in [5, 5.41) is 3.36. The Bertz CT molecular complexity index is 169. The van der Waals surface area contributed by atoms with Crippen LogP contribution >= 0.6 is 0 Å². The number of hydrogen-bond donors (Lipinski definition) is 1. The van der Waals surface area contributed by atoms with Crippen LogP contribution in [0.15, 0.2) is 0 Å². The monoisotopic (exact) mass is 140 g/mol. The van der Waals surface area contributed by atoms with Crippen LogP contribution in [0.3, 0.4) is 0 Å². The highest BCUT2D eigenvalue weighted by atomic mass is 16.2. The van der Waals surface area contributed by atoms with Crippen LogP contribution in [0.2, 0.25) is 0 Å². The van der Waals surface area contributed by atoms with Crippen molar-refractivity contribution in [2.24, 2.45) is 0 Å². The Morgan fingerprint density at radius 1 is 1.60 bits per heavy atom. The van der Waals surface area contributed by atoms with Crippen molar-refractivity contribution < 1.29 is 4.79 Å². The molecule has 3 nitrogen and oxygen atoms in total. The molecule has 1 amide bonds. The van der Waals surface area contributed by atoms with Crippen molar-refractivity contribution >= 4 is 5.91 Å². The maximum absolute atomic E-state index is 10.9. The fraction of sp³-hybridized carbons (Fsp3) is 0.857. The SMILES string of the molecule is CC(=O)N1CC2CCC1N2. The van der Waals surface area contributed by atoms with Crippen LogP contribution in [0.25, 0.3) is 0 Å². The van der Waals surface area contributed by atoms with Crippen molar-refractivity contribution in [3.63, 3.8) is 0 Å². The first-order chi connectivity index (χ1) is 4.77. The van der Waals surface area contributed by atoms with E-state index in [2.05, 4.69) is 5.32 Å². The largest absolute Gasteiger partial charge is 0.326 e. The predicted octanol–water partition coefficient (Wildman–Crippen LogP) is -0.0734. The molecule has 0 spiro atoms. The second-order valence-corrected chi connectivity index (χ2v) is 3.13. The van der Waals surface area contributed by atoms with Crippen LogP contribution in [-0.2, 0) is 4.79 Å². The van der Waals surface area contributed by atoms with Gasteiger partial charge in [-0.3, -0.25) is 10.1 Å². The summed E-state index contributed by atoms with van der Waals surface area (Å²) in [6, 6.07) is 0.592. The van der Waals surface area contributed by atoms with E-state index in [0.29, 0.717) is 12.2 Å². The number of nitrogens with zero attached hydrogens (tertiary/aromatic N) is 1. The molecule has 1 N–H and O–H groups in total. The van der Waals surface area contributed by atoms with Gasteiger partial charge in [0.2, 0.25) is 5.91 Å². The van der Waals surface area contributed by atoms with E-state index in [1.807, 2.05) is 4.90 Å². The summed E-state index contributed by atoms with van der Waals surface area (Å²) in [6.07, 6.45) is 2.75. The average molecular weight is 140 g/mol. The molecule has 0 saturated carbocycles. The molecule has 2 heterocycles. The lowest BCUT2D eigenvalue weighted by atomic mass is 10.1. The highest BCUT2D eigenvalue weighted by Crippen LogP contribution is 2.24. The Kier molecular flexibility index (Phi) is 1.20. The molecule has 2 aliphatic heterocycles. The van der Waals surface area contributed by atoms with Gasteiger partial charge in [0.15, 0.2) is 0 Å². The number of carbonyl (C=O) groups excluding carboxylic acids is 1. The molecule has 2 rings (SSSR count). The van der Waals surface area contributed by atoms with Gasteiger partial charge in [0.05, 0.1) is 6.17 Å². The molecule has 2 unspecified atom stereocenters. The number of nitrogens with one attached hydrogen (secondary N) is 1. The van der Waals surface area contributed by atoms with E-state index in [-0.39, 0.29) is 5.91 Å².